The highest BCUT2D eigenvalue weighted by Crippen LogP contribution is 2.11. The SMILES string of the molecule is Cc1cc(CNc2nc3[nH]ncc3c(=O)[nH]2)ccc1F. The summed E-state index contributed by atoms with van der Waals surface area (Å²) in [6.07, 6.45) is 1.42. The van der Waals surface area contributed by atoms with Gasteiger partial charge in [0.25, 0.3) is 5.56 Å². The van der Waals surface area contributed by atoms with E-state index in [4.69, 9.17) is 0 Å². The molecule has 0 fully saturated rings. The van der Waals surface area contributed by atoms with Crippen molar-refractivity contribution in [2.24, 2.45) is 0 Å². The second kappa shape index (κ2) is 4.76. The monoisotopic (exact) mass is 273 g/mol. The van der Waals surface area contributed by atoms with E-state index in [1.165, 1.54) is 12.3 Å². The minimum absolute atomic E-state index is 0.237. The van der Waals surface area contributed by atoms with Crippen LogP contribution in [-0.2, 0) is 6.54 Å². The Balaban J connectivity index is 1.82. The van der Waals surface area contributed by atoms with Gasteiger partial charge in [-0.1, -0.05) is 12.1 Å². The van der Waals surface area contributed by atoms with Gasteiger partial charge in [0, 0.05) is 6.54 Å². The lowest BCUT2D eigenvalue weighted by Crippen LogP contribution is -2.12. The molecule has 102 valence electrons. The second-order valence-corrected chi connectivity index (χ2v) is 4.48. The molecule has 0 bridgehead atoms. The Labute approximate surface area is 113 Å². The molecule has 0 aliphatic carbocycles. The van der Waals surface area contributed by atoms with Crippen LogP contribution in [0.5, 0.6) is 0 Å². The van der Waals surface area contributed by atoms with E-state index in [0.717, 1.165) is 5.56 Å². The molecule has 2 aromatic heterocycles. The van der Waals surface area contributed by atoms with E-state index in [2.05, 4.69) is 25.5 Å². The van der Waals surface area contributed by atoms with Gasteiger partial charge in [0.05, 0.1) is 6.20 Å². The topological polar surface area (TPSA) is 86.5 Å². The molecule has 2 heterocycles. The number of rotatable bonds is 3. The number of anilines is 1. The lowest BCUT2D eigenvalue weighted by molar-refractivity contribution is 0.617. The largest absolute Gasteiger partial charge is 0.352 e. The molecule has 3 aromatic rings. The van der Waals surface area contributed by atoms with Crippen LogP contribution in [0.2, 0.25) is 0 Å². The lowest BCUT2D eigenvalue weighted by atomic mass is 10.1. The van der Waals surface area contributed by atoms with Crippen molar-refractivity contribution < 1.29 is 4.39 Å². The summed E-state index contributed by atoms with van der Waals surface area (Å²) in [4.78, 5) is 18.5. The Kier molecular flexibility index (Phi) is 2.94. The average Bonchev–Trinajstić information content (AvgIpc) is 2.89. The van der Waals surface area contributed by atoms with Crippen LogP contribution >= 0.6 is 0 Å². The summed E-state index contributed by atoms with van der Waals surface area (Å²) in [5, 5.41) is 9.81. The van der Waals surface area contributed by atoms with E-state index >= 15 is 0 Å². The molecule has 0 unspecified atom stereocenters. The molecule has 1 aromatic carbocycles. The third kappa shape index (κ3) is 2.25. The van der Waals surface area contributed by atoms with Crippen LogP contribution in [0.25, 0.3) is 11.0 Å². The zero-order chi connectivity index (χ0) is 14.1. The second-order valence-electron chi connectivity index (χ2n) is 4.48. The van der Waals surface area contributed by atoms with E-state index in [1.54, 1.807) is 19.1 Å². The van der Waals surface area contributed by atoms with Gasteiger partial charge in [0.1, 0.15) is 11.2 Å². The highest BCUT2D eigenvalue weighted by molar-refractivity contribution is 5.73. The minimum atomic E-state index is -0.262. The van der Waals surface area contributed by atoms with Gasteiger partial charge in [-0.2, -0.15) is 10.1 Å². The Morgan fingerprint density at radius 1 is 1.40 bits per heavy atom. The van der Waals surface area contributed by atoms with Gasteiger partial charge in [0.15, 0.2) is 5.65 Å². The van der Waals surface area contributed by atoms with Gasteiger partial charge < -0.3 is 5.32 Å². The molecule has 6 nitrogen and oxygen atoms in total. The number of halogens is 1. The van der Waals surface area contributed by atoms with E-state index < -0.39 is 0 Å². The van der Waals surface area contributed by atoms with E-state index in [0.29, 0.717) is 29.1 Å². The third-order valence-electron chi connectivity index (χ3n) is 3.00. The fourth-order valence-corrected chi connectivity index (χ4v) is 1.93. The quantitative estimate of drug-likeness (QED) is 0.678. The van der Waals surface area contributed by atoms with Crippen LogP contribution < -0.4 is 10.9 Å². The molecular formula is C13H12FN5O. The minimum Gasteiger partial charge on any atom is -0.352 e. The lowest BCUT2D eigenvalue weighted by Gasteiger charge is -2.06. The maximum Gasteiger partial charge on any atom is 0.263 e. The van der Waals surface area contributed by atoms with Crippen molar-refractivity contribution in [3.8, 4) is 0 Å². The van der Waals surface area contributed by atoms with Gasteiger partial charge in [-0.3, -0.25) is 14.9 Å². The third-order valence-corrected chi connectivity index (χ3v) is 3.00. The summed E-state index contributed by atoms with van der Waals surface area (Å²) in [5.41, 5.74) is 1.64. The Hall–Kier alpha value is -2.70. The van der Waals surface area contributed by atoms with Crippen LogP contribution in [0.4, 0.5) is 10.3 Å². The van der Waals surface area contributed by atoms with Crippen LogP contribution in [0, 0.1) is 12.7 Å². The normalized spacial score (nSPS) is 10.9. The van der Waals surface area contributed by atoms with Crippen molar-refractivity contribution in [2.45, 2.75) is 13.5 Å². The molecular weight excluding hydrogens is 261 g/mol. The first-order valence-corrected chi connectivity index (χ1v) is 6.06. The molecule has 0 amide bonds. The van der Waals surface area contributed by atoms with Crippen LogP contribution in [0.1, 0.15) is 11.1 Å². The molecule has 0 saturated carbocycles. The molecule has 3 N–H and O–H groups in total. The van der Waals surface area contributed by atoms with E-state index in [9.17, 15) is 9.18 Å². The summed E-state index contributed by atoms with van der Waals surface area (Å²) >= 11 is 0. The smallest absolute Gasteiger partial charge is 0.263 e. The summed E-state index contributed by atoms with van der Waals surface area (Å²) in [5.74, 6) is 0.105. The van der Waals surface area contributed by atoms with Crippen LogP contribution in [-0.4, -0.2) is 20.2 Å². The van der Waals surface area contributed by atoms with E-state index in [-0.39, 0.29) is 11.4 Å². The zero-order valence-electron chi connectivity index (χ0n) is 10.7. The van der Waals surface area contributed by atoms with Gasteiger partial charge in [0.2, 0.25) is 5.95 Å². The number of fused-ring (bicyclic) bond motifs is 1. The number of H-pyrrole nitrogens is 2. The van der Waals surface area contributed by atoms with Crippen molar-refractivity contribution in [3.05, 3.63) is 51.7 Å². The maximum absolute atomic E-state index is 13.2. The van der Waals surface area contributed by atoms with Crippen molar-refractivity contribution in [1.29, 1.82) is 0 Å². The molecule has 0 spiro atoms. The first-order chi connectivity index (χ1) is 9.63. The summed E-state index contributed by atoms with van der Waals surface area (Å²) in [6, 6.07) is 4.85. The molecule has 0 aliphatic heterocycles. The first-order valence-electron chi connectivity index (χ1n) is 6.06. The predicted octanol–water partition coefficient (Wildman–Crippen LogP) is 1.71. The number of nitrogens with zero attached hydrogens (tertiary/aromatic N) is 2. The van der Waals surface area contributed by atoms with Crippen molar-refractivity contribution in [3.63, 3.8) is 0 Å². The molecule has 3 rings (SSSR count). The van der Waals surface area contributed by atoms with Gasteiger partial charge in [-0.05, 0) is 24.1 Å². The molecule has 7 heteroatoms. The Morgan fingerprint density at radius 2 is 2.25 bits per heavy atom. The molecule has 0 atom stereocenters. The van der Waals surface area contributed by atoms with Gasteiger partial charge >= 0.3 is 0 Å². The molecule has 0 radical (unpaired) electrons. The number of hydrogen-bond donors (Lipinski definition) is 3. The Bertz CT molecular complexity index is 823. The zero-order valence-corrected chi connectivity index (χ0v) is 10.7. The van der Waals surface area contributed by atoms with Crippen molar-refractivity contribution >= 4 is 17.0 Å². The number of hydrogen-bond acceptors (Lipinski definition) is 4. The number of aromatic nitrogens is 4. The molecule has 0 aliphatic rings. The highest BCUT2D eigenvalue weighted by Gasteiger charge is 2.05. The average molecular weight is 273 g/mol. The Morgan fingerprint density at radius 3 is 3.05 bits per heavy atom. The molecule has 20 heavy (non-hydrogen) atoms. The fourth-order valence-electron chi connectivity index (χ4n) is 1.93. The number of benzene rings is 1. The highest BCUT2D eigenvalue weighted by atomic mass is 19.1. The van der Waals surface area contributed by atoms with Crippen molar-refractivity contribution in [1.82, 2.24) is 20.2 Å². The number of nitrogens with one attached hydrogen (secondary N) is 3. The van der Waals surface area contributed by atoms with Gasteiger partial charge in [-0.25, -0.2) is 4.39 Å². The first kappa shape index (κ1) is 12.3. The van der Waals surface area contributed by atoms with Crippen molar-refractivity contribution in [2.75, 3.05) is 5.32 Å². The number of aryl methyl sites for hydroxylation is 1. The predicted molar refractivity (Wildman–Crippen MR) is 73.0 cm³/mol. The summed E-state index contributed by atoms with van der Waals surface area (Å²) < 4.78 is 13.2. The maximum atomic E-state index is 13.2. The van der Waals surface area contributed by atoms with Gasteiger partial charge in [-0.15, -0.1) is 0 Å². The van der Waals surface area contributed by atoms with Crippen LogP contribution in [0.3, 0.4) is 0 Å². The van der Waals surface area contributed by atoms with Crippen LogP contribution in [0.15, 0.2) is 29.2 Å². The number of aromatic amines is 2. The van der Waals surface area contributed by atoms with E-state index in [1.807, 2.05) is 0 Å². The summed E-state index contributed by atoms with van der Waals surface area (Å²) in [7, 11) is 0. The summed E-state index contributed by atoms with van der Waals surface area (Å²) in [6.45, 7) is 2.14. The fraction of sp³-hybridized carbons (Fsp3) is 0.154. The molecule has 0 saturated heterocycles. The standard InChI is InChI=1S/C13H12FN5O/c1-7-4-8(2-3-10(7)14)5-15-13-17-11-9(6-16-19-11)12(20)18-13/h2-4,6H,5H2,1H3,(H3,15,16,17,18,19,20).